The van der Waals surface area contributed by atoms with Gasteiger partial charge in [-0.3, -0.25) is 4.57 Å². The largest absolute Gasteiger partial charge is 0.435 e. The molecule has 0 saturated carbocycles. The minimum Gasteiger partial charge on any atom is -0.435 e. The highest BCUT2D eigenvalue weighted by atomic mass is 35.5. The summed E-state index contributed by atoms with van der Waals surface area (Å²) in [5.74, 6) is 0.977. The highest BCUT2D eigenvalue weighted by molar-refractivity contribution is 6.31. The smallest absolute Gasteiger partial charge is 0.387 e. The Balaban J connectivity index is 1.69. The Bertz CT molecular complexity index is 1180. The fourth-order valence-corrected chi connectivity index (χ4v) is 2.84. The van der Waals surface area contributed by atoms with E-state index in [2.05, 4.69) is 35.0 Å². The molecule has 0 saturated heterocycles. The van der Waals surface area contributed by atoms with E-state index in [0.29, 0.717) is 27.7 Å². The van der Waals surface area contributed by atoms with Gasteiger partial charge in [-0.15, -0.1) is 0 Å². The minimum atomic E-state index is -2.89. The van der Waals surface area contributed by atoms with E-state index in [1.165, 1.54) is 18.3 Å². The lowest BCUT2D eigenvalue weighted by Crippen LogP contribution is -2.10. The van der Waals surface area contributed by atoms with Gasteiger partial charge in [0.05, 0.1) is 10.5 Å². The quantitative estimate of drug-likeness (QED) is 0.505. The molecule has 0 amide bonds. The van der Waals surface area contributed by atoms with Gasteiger partial charge in [0.15, 0.2) is 5.65 Å². The Morgan fingerprint density at radius 2 is 1.90 bits per heavy atom. The number of nitrogens with zero attached hydrogens (tertiary/aromatic N) is 6. The van der Waals surface area contributed by atoms with E-state index in [0.717, 1.165) is 0 Å². The third-order valence-corrected chi connectivity index (χ3v) is 4.03. The van der Waals surface area contributed by atoms with Crippen molar-refractivity contribution in [2.24, 2.45) is 0 Å². The molecule has 29 heavy (non-hydrogen) atoms. The van der Waals surface area contributed by atoms with Gasteiger partial charge in [-0.2, -0.15) is 23.7 Å². The number of benzene rings is 1. The number of nitrogens with two attached hydrogens (primary N) is 1. The van der Waals surface area contributed by atoms with Crippen LogP contribution in [0.25, 0.3) is 17.1 Å². The van der Waals surface area contributed by atoms with Crippen molar-refractivity contribution in [2.75, 3.05) is 11.1 Å². The number of pyridine rings is 1. The van der Waals surface area contributed by atoms with Crippen LogP contribution in [-0.4, -0.2) is 36.1 Å². The lowest BCUT2D eigenvalue weighted by atomic mass is 10.3. The van der Waals surface area contributed by atoms with Gasteiger partial charge in [-0.25, -0.2) is 9.97 Å². The summed E-state index contributed by atoms with van der Waals surface area (Å²) in [6.45, 7) is -1.12. The number of aryl methyl sites for hydroxylation is 1. The number of hydrogen-bond acceptors (Lipinski definition) is 8. The van der Waals surface area contributed by atoms with E-state index in [4.69, 9.17) is 17.3 Å². The number of aromatic nitrogens is 6. The second kappa shape index (κ2) is 7.43. The van der Waals surface area contributed by atoms with Gasteiger partial charge in [-0.05, 0) is 37.3 Å². The highest BCUT2D eigenvalue weighted by Gasteiger charge is 2.15. The number of imidazole rings is 1. The van der Waals surface area contributed by atoms with Crippen LogP contribution in [0.4, 0.5) is 26.4 Å². The molecule has 0 unspecified atom stereocenters. The van der Waals surface area contributed by atoms with Gasteiger partial charge in [-0.1, -0.05) is 11.6 Å². The summed E-state index contributed by atoms with van der Waals surface area (Å²) < 4.78 is 30.5. The van der Waals surface area contributed by atoms with E-state index in [9.17, 15) is 8.78 Å². The Labute approximate surface area is 167 Å². The van der Waals surface area contributed by atoms with E-state index < -0.39 is 6.61 Å². The second-order valence-corrected chi connectivity index (χ2v) is 6.27. The summed E-state index contributed by atoms with van der Waals surface area (Å²) >= 11 is 6.05. The number of ether oxygens (including phenoxy) is 1. The molecule has 1 aromatic carbocycles. The van der Waals surface area contributed by atoms with E-state index in [1.807, 2.05) is 0 Å². The maximum Gasteiger partial charge on any atom is 0.387 e. The molecule has 0 fully saturated rings. The standard InChI is InChI=1S/C17H13ClF2N8O/c1-8-23-13-12(6-9(18)7-22-13)28(8)17-26-15(21)25-16(27-17)24-10-2-4-11(5-3-10)29-14(19)20/h2-7,14H,1H3,(H3,21,24,25,26,27). The number of nitrogens with one attached hydrogen (secondary N) is 1. The minimum absolute atomic E-state index is 0.0219. The number of alkyl halides is 2. The summed E-state index contributed by atoms with van der Waals surface area (Å²) in [7, 11) is 0. The summed E-state index contributed by atoms with van der Waals surface area (Å²) in [5.41, 5.74) is 7.48. The Kier molecular flexibility index (Phi) is 4.80. The van der Waals surface area contributed by atoms with Crippen LogP contribution in [0.5, 0.6) is 5.75 Å². The number of nitrogen functional groups attached to an aromatic ring is 1. The summed E-state index contributed by atoms with van der Waals surface area (Å²) in [6.07, 6.45) is 1.50. The average Bonchev–Trinajstić information content (AvgIpc) is 2.97. The zero-order valence-electron chi connectivity index (χ0n) is 14.8. The van der Waals surface area contributed by atoms with Crippen LogP contribution < -0.4 is 15.8 Å². The molecule has 0 aliphatic rings. The molecule has 4 aromatic rings. The number of halogens is 3. The van der Waals surface area contributed by atoms with Crippen molar-refractivity contribution in [3.63, 3.8) is 0 Å². The Hall–Kier alpha value is -3.60. The Morgan fingerprint density at radius 1 is 1.14 bits per heavy atom. The summed E-state index contributed by atoms with van der Waals surface area (Å²) in [4.78, 5) is 21.1. The van der Waals surface area contributed by atoms with Gasteiger partial charge in [0, 0.05) is 11.9 Å². The van der Waals surface area contributed by atoms with Crippen LogP contribution in [0, 0.1) is 6.92 Å². The van der Waals surface area contributed by atoms with E-state index in [-0.39, 0.29) is 23.6 Å². The first-order valence-corrected chi connectivity index (χ1v) is 8.61. The van der Waals surface area contributed by atoms with Crippen LogP contribution in [0.15, 0.2) is 36.5 Å². The molecule has 12 heteroatoms. The van der Waals surface area contributed by atoms with Gasteiger partial charge in [0.25, 0.3) is 0 Å². The summed E-state index contributed by atoms with van der Waals surface area (Å²) in [5, 5.41) is 3.38. The topological polar surface area (TPSA) is 117 Å². The third-order valence-electron chi connectivity index (χ3n) is 3.82. The van der Waals surface area contributed by atoms with Crippen molar-refractivity contribution in [2.45, 2.75) is 13.5 Å². The monoisotopic (exact) mass is 418 g/mol. The van der Waals surface area contributed by atoms with Crippen molar-refractivity contribution < 1.29 is 13.5 Å². The first kappa shape index (κ1) is 18.7. The molecule has 0 aliphatic heterocycles. The SMILES string of the molecule is Cc1nc2ncc(Cl)cc2n1-c1nc(N)nc(Nc2ccc(OC(F)F)cc2)n1. The van der Waals surface area contributed by atoms with Gasteiger partial charge in [0.1, 0.15) is 11.6 Å². The van der Waals surface area contributed by atoms with Crippen LogP contribution >= 0.6 is 11.6 Å². The molecular weight excluding hydrogens is 406 g/mol. The lowest BCUT2D eigenvalue weighted by molar-refractivity contribution is -0.0498. The van der Waals surface area contributed by atoms with Crippen molar-refractivity contribution in [1.82, 2.24) is 29.5 Å². The Morgan fingerprint density at radius 3 is 2.62 bits per heavy atom. The molecule has 4 rings (SSSR count). The molecule has 148 valence electrons. The fourth-order valence-electron chi connectivity index (χ4n) is 2.69. The van der Waals surface area contributed by atoms with Gasteiger partial charge >= 0.3 is 6.61 Å². The zero-order valence-corrected chi connectivity index (χ0v) is 15.6. The first-order valence-electron chi connectivity index (χ1n) is 8.23. The van der Waals surface area contributed by atoms with Crippen molar-refractivity contribution in [1.29, 1.82) is 0 Å². The number of fused-ring (bicyclic) bond motifs is 1. The van der Waals surface area contributed by atoms with Crippen LogP contribution in [0.1, 0.15) is 5.82 Å². The van der Waals surface area contributed by atoms with E-state index in [1.54, 1.807) is 29.7 Å². The predicted molar refractivity (Wildman–Crippen MR) is 103 cm³/mol. The maximum atomic E-state index is 12.3. The molecule has 9 nitrogen and oxygen atoms in total. The molecule has 0 bridgehead atoms. The number of hydrogen-bond donors (Lipinski definition) is 2. The van der Waals surface area contributed by atoms with Crippen LogP contribution in [0.3, 0.4) is 0 Å². The van der Waals surface area contributed by atoms with Crippen LogP contribution in [0.2, 0.25) is 5.02 Å². The van der Waals surface area contributed by atoms with Gasteiger partial charge in [0.2, 0.25) is 17.8 Å². The molecule has 0 radical (unpaired) electrons. The first-order chi connectivity index (χ1) is 13.9. The third kappa shape index (κ3) is 3.99. The predicted octanol–water partition coefficient (Wildman–Crippen LogP) is 3.49. The number of anilines is 3. The second-order valence-electron chi connectivity index (χ2n) is 5.84. The van der Waals surface area contributed by atoms with Crippen molar-refractivity contribution in [3.8, 4) is 11.7 Å². The molecule has 3 heterocycles. The molecular formula is C17H13ClF2N8O. The normalized spacial score (nSPS) is 11.2. The van der Waals surface area contributed by atoms with Gasteiger partial charge < -0.3 is 15.8 Å². The van der Waals surface area contributed by atoms with Crippen molar-refractivity contribution >= 4 is 40.3 Å². The van der Waals surface area contributed by atoms with Crippen molar-refractivity contribution in [3.05, 3.63) is 47.4 Å². The lowest BCUT2D eigenvalue weighted by Gasteiger charge is -2.10. The fraction of sp³-hybridized carbons (Fsp3) is 0.118. The molecule has 3 aromatic heterocycles. The van der Waals surface area contributed by atoms with E-state index >= 15 is 0 Å². The molecule has 3 N–H and O–H groups in total. The van der Waals surface area contributed by atoms with Crippen LogP contribution in [-0.2, 0) is 0 Å². The number of rotatable bonds is 5. The highest BCUT2D eigenvalue weighted by Crippen LogP contribution is 2.23. The summed E-state index contributed by atoms with van der Waals surface area (Å²) in [6, 6.07) is 7.55. The average molecular weight is 419 g/mol. The molecule has 0 atom stereocenters. The molecule has 0 spiro atoms. The zero-order chi connectivity index (χ0) is 20.5. The molecule has 0 aliphatic carbocycles. The maximum absolute atomic E-state index is 12.3.